The molecule has 1 aromatic heterocycles. The zero-order chi connectivity index (χ0) is 13.9. The number of aryl methyl sites for hydroxylation is 2. The quantitative estimate of drug-likeness (QED) is 0.877. The van der Waals surface area contributed by atoms with Crippen LogP contribution in [0.4, 0.5) is 0 Å². The molecule has 0 aliphatic rings. The summed E-state index contributed by atoms with van der Waals surface area (Å²) in [6, 6.07) is 7.71. The second-order valence-electron chi connectivity index (χ2n) is 4.09. The number of benzene rings is 1. The summed E-state index contributed by atoms with van der Waals surface area (Å²) in [5.41, 5.74) is 1.13. The molecule has 0 saturated heterocycles. The molecule has 7 heteroatoms. The van der Waals surface area contributed by atoms with Gasteiger partial charge >= 0.3 is 0 Å². The number of aromatic nitrogens is 2. The SMILES string of the molecule is COc1ccc(CCn2cnc(S(N)(=O)=O)c2)cc1. The van der Waals surface area contributed by atoms with Crippen LogP contribution in [0.5, 0.6) is 5.75 Å². The largest absolute Gasteiger partial charge is 0.497 e. The highest BCUT2D eigenvalue weighted by atomic mass is 32.2. The van der Waals surface area contributed by atoms with Crippen molar-refractivity contribution < 1.29 is 13.2 Å². The van der Waals surface area contributed by atoms with Crippen LogP contribution in [0, 0.1) is 0 Å². The summed E-state index contributed by atoms with van der Waals surface area (Å²) in [5, 5.41) is 4.88. The molecule has 1 heterocycles. The molecule has 1 aromatic carbocycles. The fraction of sp³-hybridized carbons (Fsp3) is 0.250. The number of methoxy groups -OCH3 is 1. The number of rotatable bonds is 5. The van der Waals surface area contributed by atoms with Gasteiger partial charge in [0.25, 0.3) is 10.0 Å². The highest BCUT2D eigenvalue weighted by Gasteiger charge is 2.10. The van der Waals surface area contributed by atoms with Crippen LogP contribution in [0.1, 0.15) is 5.56 Å². The Bertz CT molecular complexity index is 647. The molecule has 2 N–H and O–H groups in total. The number of nitrogens with two attached hydrogens (primary N) is 1. The Balaban J connectivity index is 2.00. The number of nitrogens with zero attached hydrogens (tertiary/aromatic N) is 2. The van der Waals surface area contributed by atoms with Crippen molar-refractivity contribution in [1.82, 2.24) is 9.55 Å². The van der Waals surface area contributed by atoms with Crippen LogP contribution in [0.2, 0.25) is 0 Å². The Labute approximate surface area is 111 Å². The van der Waals surface area contributed by atoms with Gasteiger partial charge in [0.2, 0.25) is 0 Å². The molecule has 19 heavy (non-hydrogen) atoms. The van der Waals surface area contributed by atoms with Crippen LogP contribution in [0.3, 0.4) is 0 Å². The van der Waals surface area contributed by atoms with E-state index < -0.39 is 10.0 Å². The van der Waals surface area contributed by atoms with Crippen LogP contribution in [-0.4, -0.2) is 25.1 Å². The van der Waals surface area contributed by atoms with Crippen LogP contribution in [0.15, 0.2) is 41.8 Å². The average molecular weight is 281 g/mol. The summed E-state index contributed by atoms with van der Waals surface area (Å²) in [6.07, 6.45) is 3.66. The van der Waals surface area contributed by atoms with Crippen LogP contribution < -0.4 is 9.88 Å². The first kappa shape index (κ1) is 13.6. The molecule has 102 valence electrons. The van der Waals surface area contributed by atoms with Gasteiger partial charge in [0.15, 0.2) is 5.03 Å². The van der Waals surface area contributed by atoms with E-state index in [0.29, 0.717) is 6.54 Å². The Kier molecular flexibility index (Phi) is 3.87. The maximum Gasteiger partial charge on any atom is 0.257 e. The van der Waals surface area contributed by atoms with E-state index in [2.05, 4.69) is 4.98 Å². The van der Waals surface area contributed by atoms with Crippen molar-refractivity contribution in [2.75, 3.05) is 7.11 Å². The normalized spacial score (nSPS) is 11.5. The molecular formula is C12H15N3O3S. The molecule has 0 atom stereocenters. The molecule has 6 nitrogen and oxygen atoms in total. The summed E-state index contributed by atoms with van der Waals surface area (Å²) >= 11 is 0. The third-order valence-corrected chi connectivity index (χ3v) is 3.51. The molecule has 0 aliphatic carbocycles. The topological polar surface area (TPSA) is 87.2 Å². The van der Waals surface area contributed by atoms with Crippen molar-refractivity contribution in [1.29, 1.82) is 0 Å². The lowest BCUT2D eigenvalue weighted by molar-refractivity contribution is 0.414. The van der Waals surface area contributed by atoms with E-state index >= 15 is 0 Å². The highest BCUT2D eigenvalue weighted by Crippen LogP contribution is 2.12. The van der Waals surface area contributed by atoms with Gasteiger partial charge in [0, 0.05) is 12.7 Å². The zero-order valence-electron chi connectivity index (χ0n) is 10.5. The van der Waals surface area contributed by atoms with E-state index in [1.165, 1.54) is 12.5 Å². The number of imidazole rings is 1. The smallest absolute Gasteiger partial charge is 0.257 e. The van der Waals surface area contributed by atoms with Crippen molar-refractivity contribution in [3.8, 4) is 5.75 Å². The molecule has 0 fully saturated rings. The predicted octanol–water partition coefficient (Wildman–Crippen LogP) is 0.782. The van der Waals surface area contributed by atoms with Gasteiger partial charge in [-0.05, 0) is 24.1 Å². The van der Waals surface area contributed by atoms with E-state index in [1.807, 2.05) is 24.3 Å². The summed E-state index contributed by atoms with van der Waals surface area (Å²) in [4.78, 5) is 3.76. The molecule has 0 aliphatic heterocycles. The van der Waals surface area contributed by atoms with Gasteiger partial charge in [0.05, 0.1) is 13.4 Å². The van der Waals surface area contributed by atoms with E-state index in [4.69, 9.17) is 9.88 Å². The first-order valence-corrected chi connectivity index (χ1v) is 7.21. The second kappa shape index (κ2) is 5.41. The number of hydrogen-bond acceptors (Lipinski definition) is 4. The Morgan fingerprint density at radius 3 is 2.53 bits per heavy atom. The average Bonchev–Trinajstić information content (AvgIpc) is 2.86. The second-order valence-corrected chi connectivity index (χ2v) is 5.60. The molecule has 0 unspecified atom stereocenters. The third kappa shape index (κ3) is 3.55. The Morgan fingerprint density at radius 1 is 1.32 bits per heavy atom. The van der Waals surface area contributed by atoms with Gasteiger partial charge in [-0.1, -0.05) is 12.1 Å². The standard InChI is InChI=1S/C12H15N3O3S/c1-18-11-4-2-10(3-5-11)6-7-15-8-12(14-9-15)19(13,16)17/h2-5,8-9H,6-7H2,1H3,(H2,13,16,17). The van der Waals surface area contributed by atoms with Crippen molar-refractivity contribution in [3.05, 3.63) is 42.4 Å². The van der Waals surface area contributed by atoms with E-state index in [1.54, 1.807) is 11.7 Å². The highest BCUT2D eigenvalue weighted by molar-refractivity contribution is 7.89. The molecule has 2 aromatic rings. The van der Waals surface area contributed by atoms with Crippen molar-refractivity contribution in [2.45, 2.75) is 18.0 Å². The van der Waals surface area contributed by atoms with Crippen molar-refractivity contribution >= 4 is 10.0 Å². The van der Waals surface area contributed by atoms with Crippen LogP contribution >= 0.6 is 0 Å². The van der Waals surface area contributed by atoms with Gasteiger partial charge < -0.3 is 9.30 Å². The lowest BCUT2D eigenvalue weighted by Gasteiger charge is -2.04. The summed E-state index contributed by atoms with van der Waals surface area (Å²) in [6.45, 7) is 0.634. The lowest BCUT2D eigenvalue weighted by Crippen LogP contribution is -2.12. The lowest BCUT2D eigenvalue weighted by atomic mass is 10.1. The van der Waals surface area contributed by atoms with Gasteiger partial charge in [-0.25, -0.2) is 18.5 Å². The molecule has 0 radical (unpaired) electrons. The van der Waals surface area contributed by atoms with Gasteiger partial charge in [-0.3, -0.25) is 0 Å². The summed E-state index contributed by atoms with van der Waals surface area (Å²) in [5.74, 6) is 0.808. The van der Waals surface area contributed by atoms with Gasteiger partial charge in [-0.2, -0.15) is 0 Å². The first-order valence-electron chi connectivity index (χ1n) is 5.66. The fourth-order valence-electron chi connectivity index (χ4n) is 1.66. The predicted molar refractivity (Wildman–Crippen MR) is 70.3 cm³/mol. The third-order valence-electron chi connectivity index (χ3n) is 2.72. The minimum Gasteiger partial charge on any atom is -0.497 e. The Hall–Kier alpha value is -1.86. The van der Waals surface area contributed by atoms with Gasteiger partial charge in [-0.15, -0.1) is 0 Å². The van der Waals surface area contributed by atoms with E-state index in [-0.39, 0.29) is 5.03 Å². The molecule has 0 bridgehead atoms. The molecular weight excluding hydrogens is 266 g/mol. The molecule has 0 amide bonds. The Morgan fingerprint density at radius 2 is 2.00 bits per heavy atom. The number of hydrogen-bond donors (Lipinski definition) is 1. The fourth-order valence-corrected chi connectivity index (χ4v) is 2.14. The van der Waals surface area contributed by atoms with E-state index in [9.17, 15) is 8.42 Å². The zero-order valence-corrected chi connectivity index (χ0v) is 11.3. The summed E-state index contributed by atoms with van der Waals surface area (Å²) < 4.78 is 28.9. The molecule has 2 rings (SSSR count). The van der Waals surface area contributed by atoms with Crippen LogP contribution in [0.25, 0.3) is 0 Å². The number of ether oxygens (including phenoxy) is 1. The minimum absolute atomic E-state index is 0.109. The monoisotopic (exact) mass is 281 g/mol. The van der Waals surface area contributed by atoms with Crippen molar-refractivity contribution in [3.63, 3.8) is 0 Å². The number of sulfonamides is 1. The van der Waals surface area contributed by atoms with E-state index in [0.717, 1.165) is 17.7 Å². The maximum atomic E-state index is 11.1. The molecule has 0 spiro atoms. The first-order chi connectivity index (χ1) is 8.99. The minimum atomic E-state index is -3.72. The van der Waals surface area contributed by atoms with Gasteiger partial charge in [0.1, 0.15) is 5.75 Å². The molecule has 0 saturated carbocycles. The number of primary sulfonamides is 1. The maximum absolute atomic E-state index is 11.1. The van der Waals surface area contributed by atoms with Crippen LogP contribution in [-0.2, 0) is 23.0 Å². The van der Waals surface area contributed by atoms with Crippen molar-refractivity contribution in [2.24, 2.45) is 5.14 Å². The summed E-state index contributed by atoms with van der Waals surface area (Å²) in [7, 11) is -2.10.